The lowest BCUT2D eigenvalue weighted by molar-refractivity contribution is 0.0684. The van der Waals surface area contributed by atoms with Gasteiger partial charge in [-0.2, -0.15) is 0 Å². The molecule has 6 heteroatoms. The number of ether oxygens (including phenoxy) is 1. The molecule has 2 aromatic heterocycles. The number of carbonyl (C=O) groups is 1. The van der Waals surface area contributed by atoms with Crippen molar-refractivity contribution in [2.75, 3.05) is 6.61 Å². The van der Waals surface area contributed by atoms with Crippen molar-refractivity contribution in [3.8, 4) is 5.75 Å². The molecule has 0 atom stereocenters. The number of aromatic nitrogens is 2. The minimum absolute atomic E-state index is 0.0742. The zero-order valence-electron chi connectivity index (χ0n) is 11.4. The third-order valence-corrected chi connectivity index (χ3v) is 3.62. The Morgan fingerprint density at radius 3 is 2.90 bits per heavy atom. The van der Waals surface area contributed by atoms with E-state index in [1.165, 1.54) is 11.1 Å². The number of nitrogens with zero attached hydrogens (tertiary/aromatic N) is 2. The van der Waals surface area contributed by atoms with Crippen LogP contribution in [0.4, 0.5) is 0 Å². The molecule has 2 aromatic rings. The summed E-state index contributed by atoms with van der Waals surface area (Å²) in [6.07, 6.45) is 2.18. The minimum atomic E-state index is -1.10. The molecule has 2 heterocycles. The maximum atomic E-state index is 11.2. The van der Waals surface area contributed by atoms with Crippen LogP contribution in [-0.2, 0) is 6.42 Å². The van der Waals surface area contributed by atoms with E-state index in [1.807, 2.05) is 31.4 Å². The smallest absolute Gasteiger partial charge is 0.358 e. The molecular formula is C14H16N2O3S. The van der Waals surface area contributed by atoms with Gasteiger partial charge in [-0.25, -0.2) is 14.8 Å². The van der Waals surface area contributed by atoms with E-state index in [9.17, 15) is 9.90 Å². The highest BCUT2D eigenvalue weighted by Crippen LogP contribution is 2.19. The topological polar surface area (TPSA) is 72.3 Å². The Morgan fingerprint density at radius 1 is 1.50 bits per heavy atom. The SMILES string of the molecule is CC(C)c1ncc(OCCc2cccs2)c(C(=O)O)n1. The second kappa shape index (κ2) is 6.47. The molecule has 0 saturated carbocycles. The molecule has 1 N–H and O–H groups in total. The molecule has 106 valence electrons. The maximum Gasteiger partial charge on any atom is 0.358 e. The zero-order chi connectivity index (χ0) is 14.5. The van der Waals surface area contributed by atoms with E-state index in [-0.39, 0.29) is 17.4 Å². The Kier molecular flexibility index (Phi) is 4.68. The van der Waals surface area contributed by atoms with Crippen LogP contribution in [0.25, 0.3) is 0 Å². The highest BCUT2D eigenvalue weighted by Gasteiger charge is 2.16. The van der Waals surface area contributed by atoms with Gasteiger partial charge in [-0.3, -0.25) is 0 Å². The highest BCUT2D eigenvalue weighted by molar-refractivity contribution is 7.09. The number of thiophene rings is 1. The van der Waals surface area contributed by atoms with Crippen molar-refractivity contribution in [3.05, 3.63) is 40.1 Å². The summed E-state index contributed by atoms with van der Waals surface area (Å²) in [5.74, 6) is -0.292. The van der Waals surface area contributed by atoms with Gasteiger partial charge in [0.2, 0.25) is 0 Å². The van der Waals surface area contributed by atoms with Crippen LogP contribution in [0, 0.1) is 0 Å². The summed E-state index contributed by atoms with van der Waals surface area (Å²) in [6.45, 7) is 4.24. The monoisotopic (exact) mass is 292 g/mol. The fourth-order valence-electron chi connectivity index (χ4n) is 1.64. The van der Waals surface area contributed by atoms with Gasteiger partial charge in [-0.1, -0.05) is 19.9 Å². The van der Waals surface area contributed by atoms with Crippen LogP contribution in [0.1, 0.15) is 41.0 Å². The van der Waals surface area contributed by atoms with Crippen LogP contribution in [0.5, 0.6) is 5.75 Å². The first kappa shape index (κ1) is 14.5. The highest BCUT2D eigenvalue weighted by atomic mass is 32.1. The molecule has 0 aliphatic heterocycles. The molecule has 0 aromatic carbocycles. The molecule has 0 unspecified atom stereocenters. The van der Waals surface area contributed by atoms with Crippen molar-refractivity contribution in [2.24, 2.45) is 0 Å². The summed E-state index contributed by atoms with van der Waals surface area (Å²) in [7, 11) is 0. The van der Waals surface area contributed by atoms with E-state index in [2.05, 4.69) is 9.97 Å². The average molecular weight is 292 g/mol. The van der Waals surface area contributed by atoms with Crippen LogP contribution >= 0.6 is 11.3 Å². The first-order valence-corrected chi connectivity index (χ1v) is 7.21. The van der Waals surface area contributed by atoms with Crippen molar-refractivity contribution < 1.29 is 14.6 Å². The van der Waals surface area contributed by atoms with Crippen LogP contribution < -0.4 is 4.74 Å². The number of carboxylic acids is 1. The summed E-state index contributed by atoms with van der Waals surface area (Å²) in [5, 5.41) is 11.2. The normalized spacial score (nSPS) is 10.8. The van der Waals surface area contributed by atoms with E-state index in [0.29, 0.717) is 12.4 Å². The molecule has 2 rings (SSSR count). The van der Waals surface area contributed by atoms with Gasteiger partial charge in [0.25, 0.3) is 0 Å². The van der Waals surface area contributed by atoms with E-state index in [4.69, 9.17) is 4.74 Å². The summed E-state index contributed by atoms with van der Waals surface area (Å²) >= 11 is 1.65. The molecule has 0 fully saturated rings. The molecule has 0 radical (unpaired) electrons. The van der Waals surface area contributed by atoms with Crippen molar-refractivity contribution in [1.82, 2.24) is 9.97 Å². The Hall–Kier alpha value is -1.95. The molecule has 0 bridgehead atoms. The fraction of sp³-hybridized carbons (Fsp3) is 0.357. The Balaban J connectivity index is 2.08. The molecule has 0 aliphatic rings. The van der Waals surface area contributed by atoms with Gasteiger partial charge in [0, 0.05) is 17.2 Å². The molecule has 0 spiro atoms. The number of carboxylic acid groups (broad SMARTS) is 1. The van der Waals surface area contributed by atoms with E-state index in [1.54, 1.807) is 11.3 Å². The lowest BCUT2D eigenvalue weighted by Gasteiger charge is -2.10. The lowest BCUT2D eigenvalue weighted by Crippen LogP contribution is -2.11. The van der Waals surface area contributed by atoms with Gasteiger partial charge in [-0.15, -0.1) is 11.3 Å². The number of hydrogen-bond donors (Lipinski definition) is 1. The van der Waals surface area contributed by atoms with Crippen molar-refractivity contribution in [3.63, 3.8) is 0 Å². The van der Waals surface area contributed by atoms with Crippen molar-refractivity contribution in [2.45, 2.75) is 26.2 Å². The first-order chi connectivity index (χ1) is 9.58. The molecule has 0 amide bonds. The second-order valence-electron chi connectivity index (χ2n) is 4.58. The van der Waals surface area contributed by atoms with Gasteiger partial charge in [0.1, 0.15) is 5.82 Å². The molecule has 5 nitrogen and oxygen atoms in total. The standard InChI is InChI=1S/C14H16N2O3S/c1-9(2)13-15-8-11(12(16-13)14(17)18)19-6-5-10-4-3-7-20-10/h3-4,7-9H,5-6H2,1-2H3,(H,17,18). The van der Waals surface area contributed by atoms with Crippen LogP contribution in [0.15, 0.2) is 23.7 Å². The van der Waals surface area contributed by atoms with Crippen LogP contribution in [0.3, 0.4) is 0 Å². The largest absolute Gasteiger partial charge is 0.489 e. The van der Waals surface area contributed by atoms with Crippen LogP contribution in [0.2, 0.25) is 0 Å². The Labute approximate surface area is 121 Å². The average Bonchev–Trinajstić information content (AvgIpc) is 2.91. The third-order valence-electron chi connectivity index (χ3n) is 2.68. The molecular weight excluding hydrogens is 276 g/mol. The van der Waals surface area contributed by atoms with Crippen molar-refractivity contribution >= 4 is 17.3 Å². The zero-order valence-corrected chi connectivity index (χ0v) is 12.2. The Bertz CT molecular complexity index is 582. The van der Waals surface area contributed by atoms with E-state index in [0.717, 1.165) is 6.42 Å². The number of hydrogen-bond acceptors (Lipinski definition) is 5. The van der Waals surface area contributed by atoms with E-state index < -0.39 is 5.97 Å². The Morgan fingerprint density at radius 2 is 2.30 bits per heavy atom. The summed E-state index contributed by atoms with van der Waals surface area (Å²) in [4.78, 5) is 20.6. The van der Waals surface area contributed by atoms with Gasteiger partial charge in [0.15, 0.2) is 11.4 Å². The van der Waals surface area contributed by atoms with Crippen molar-refractivity contribution in [1.29, 1.82) is 0 Å². The lowest BCUT2D eigenvalue weighted by atomic mass is 10.2. The predicted octanol–water partition coefficient (Wildman–Crippen LogP) is 2.98. The number of aromatic carboxylic acids is 1. The minimum Gasteiger partial charge on any atom is -0.489 e. The summed E-state index contributed by atoms with van der Waals surface area (Å²) < 4.78 is 5.51. The van der Waals surface area contributed by atoms with Gasteiger partial charge >= 0.3 is 5.97 Å². The fourth-order valence-corrected chi connectivity index (χ4v) is 2.33. The summed E-state index contributed by atoms with van der Waals surface area (Å²) in [5.41, 5.74) is -0.0742. The number of rotatable bonds is 6. The quantitative estimate of drug-likeness (QED) is 0.886. The second-order valence-corrected chi connectivity index (χ2v) is 5.61. The maximum absolute atomic E-state index is 11.2. The molecule has 0 saturated heterocycles. The van der Waals surface area contributed by atoms with Gasteiger partial charge in [0.05, 0.1) is 12.8 Å². The molecule has 0 aliphatic carbocycles. The third kappa shape index (κ3) is 3.54. The van der Waals surface area contributed by atoms with E-state index >= 15 is 0 Å². The first-order valence-electron chi connectivity index (χ1n) is 6.33. The van der Waals surface area contributed by atoms with Crippen LogP contribution in [-0.4, -0.2) is 27.7 Å². The molecule has 20 heavy (non-hydrogen) atoms. The summed E-state index contributed by atoms with van der Waals surface area (Å²) in [6, 6.07) is 3.99. The van der Waals surface area contributed by atoms with Gasteiger partial charge < -0.3 is 9.84 Å². The predicted molar refractivity (Wildman–Crippen MR) is 76.6 cm³/mol. The van der Waals surface area contributed by atoms with Gasteiger partial charge in [-0.05, 0) is 11.4 Å².